The largest absolute Gasteiger partial charge is 0.496 e. The first kappa shape index (κ1) is 27.0. The standard InChI is InChI=1S/C32H38N4O3/c1-22-18-27(13-16-30(22)39-2)25-9-6-24(7-10-25)20-36(32(38)26-11-14-29(37)15-12-26)28-5-3-4-23(19-28)8-17-31-33-21-34-35-31/h3-5,13,16,18-19,21,24-26,29,37H,6-7,9-12,14-15,20H2,1-2H3,(H,33,34,35). The number of carbonyl (C=O) groups is 1. The van der Waals surface area contributed by atoms with Crippen molar-refractivity contribution in [3.05, 3.63) is 71.3 Å². The first-order valence-corrected chi connectivity index (χ1v) is 14.1. The molecule has 1 aromatic heterocycles. The monoisotopic (exact) mass is 526 g/mol. The highest BCUT2D eigenvalue weighted by atomic mass is 16.5. The average molecular weight is 527 g/mol. The zero-order chi connectivity index (χ0) is 27.2. The summed E-state index contributed by atoms with van der Waals surface area (Å²) in [6.45, 7) is 2.82. The van der Waals surface area contributed by atoms with E-state index in [1.165, 1.54) is 17.5 Å². The molecule has 3 aromatic rings. The minimum Gasteiger partial charge on any atom is -0.496 e. The Kier molecular flexibility index (Phi) is 8.63. The number of ether oxygens (including phenoxy) is 1. The fourth-order valence-corrected chi connectivity index (χ4v) is 6.11. The molecule has 0 spiro atoms. The number of hydrogen-bond donors (Lipinski definition) is 2. The number of aromatic amines is 1. The van der Waals surface area contributed by atoms with Gasteiger partial charge in [-0.1, -0.05) is 24.1 Å². The summed E-state index contributed by atoms with van der Waals surface area (Å²) in [6.07, 6.45) is 8.45. The van der Waals surface area contributed by atoms with Gasteiger partial charge in [-0.15, -0.1) is 0 Å². The summed E-state index contributed by atoms with van der Waals surface area (Å²) in [4.78, 5) is 20.0. The minimum atomic E-state index is -0.283. The van der Waals surface area contributed by atoms with Crippen molar-refractivity contribution in [2.45, 2.75) is 70.3 Å². The maximum absolute atomic E-state index is 13.9. The number of carbonyl (C=O) groups excluding carboxylic acids is 1. The Morgan fingerprint density at radius 1 is 1.05 bits per heavy atom. The molecule has 5 rings (SSSR count). The summed E-state index contributed by atoms with van der Waals surface area (Å²) in [5, 5.41) is 16.6. The van der Waals surface area contributed by atoms with Gasteiger partial charge in [0.2, 0.25) is 11.7 Å². The molecule has 1 amide bonds. The molecule has 2 fully saturated rings. The maximum atomic E-state index is 13.9. The number of H-pyrrole nitrogens is 1. The molecule has 0 saturated heterocycles. The third-order valence-electron chi connectivity index (χ3n) is 8.39. The summed E-state index contributed by atoms with van der Waals surface area (Å²) in [5.41, 5.74) is 4.29. The number of aromatic nitrogens is 3. The van der Waals surface area contributed by atoms with Crippen molar-refractivity contribution < 1.29 is 14.6 Å². The molecular weight excluding hydrogens is 488 g/mol. The highest BCUT2D eigenvalue weighted by molar-refractivity contribution is 5.95. The number of hydrogen-bond acceptors (Lipinski definition) is 5. The third kappa shape index (κ3) is 6.69. The van der Waals surface area contributed by atoms with Gasteiger partial charge in [-0.3, -0.25) is 9.89 Å². The number of benzene rings is 2. The Morgan fingerprint density at radius 2 is 1.85 bits per heavy atom. The topological polar surface area (TPSA) is 91.3 Å². The highest BCUT2D eigenvalue weighted by Crippen LogP contribution is 2.38. The van der Waals surface area contributed by atoms with Crippen molar-refractivity contribution in [1.29, 1.82) is 0 Å². The molecule has 2 N–H and O–H groups in total. The van der Waals surface area contributed by atoms with Gasteiger partial charge in [0.25, 0.3) is 0 Å². The van der Waals surface area contributed by atoms with Crippen molar-refractivity contribution >= 4 is 11.6 Å². The van der Waals surface area contributed by atoms with Crippen LogP contribution < -0.4 is 9.64 Å². The first-order chi connectivity index (χ1) is 19.0. The van der Waals surface area contributed by atoms with Crippen molar-refractivity contribution in [3.8, 4) is 17.6 Å². The molecule has 2 saturated carbocycles. The van der Waals surface area contributed by atoms with Crippen molar-refractivity contribution in [3.63, 3.8) is 0 Å². The molecule has 2 aliphatic rings. The van der Waals surface area contributed by atoms with Gasteiger partial charge in [-0.25, -0.2) is 4.98 Å². The average Bonchev–Trinajstić information content (AvgIpc) is 3.49. The lowest BCUT2D eigenvalue weighted by molar-refractivity contribution is -0.124. The van der Waals surface area contributed by atoms with E-state index in [0.29, 0.717) is 37.0 Å². The number of rotatable bonds is 6. The molecule has 0 atom stereocenters. The van der Waals surface area contributed by atoms with Gasteiger partial charge in [0.1, 0.15) is 12.1 Å². The van der Waals surface area contributed by atoms with Crippen molar-refractivity contribution in [1.82, 2.24) is 15.2 Å². The number of methoxy groups -OCH3 is 1. The van der Waals surface area contributed by atoms with Crippen LogP contribution in [0.1, 0.15) is 79.8 Å². The van der Waals surface area contributed by atoms with E-state index in [9.17, 15) is 9.90 Å². The number of aliphatic hydroxyl groups excluding tert-OH is 1. The number of aliphatic hydroxyl groups is 1. The predicted octanol–water partition coefficient (Wildman–Crippen LogP) is 5.38. The van der Waals surface area contributed by atoms with E-state index in [1.807, 2.05) is 29.2 Å². The third-order valence-corrected chi connectivity index (χ3v) is 8.39. The minimum absolute atomic E-state index is 0.0454. The molecular formula is C32H38N4O3. The van der Waals surface area contributed by atoms with E-state index < -0.39 is 0 Å². The van der Waals surface area contributed by atoms with E-state index in [1.54, 1.807) is 7.11 Å². The second-order valence-corrected chi connectivity index (χ2v) is 11.0. The fourth-order valence-electron chi connectivity index (χ4n) is 6.11. The van der Waals surface area contributed by atoms with Crippen molar-refractivity contribution in [2.24, 2.45) is 11.8 Å². The first-order valence-electron chi connectivity index (χ1n) is 14.1. The Balaban J connectivity index is 1.31. The molecule has 0 aliphatic heterocycles. The van der Waals surface area contributed by atoms with Crippen LogP contribution in [0.5, 0.6) is 5.75 Å². The van der Waals surface area contributed by atoms with Gasteiger partial charge >= 0.3 is 0 Å². The Hall–Kier alpha value is -3.63. The molecule has 0 radical (unpaired) electrons. The molecule has 0 bridgehead atoms. The van der Waals surface area contributed by atoms with Gasteiger partial charge in [-0.05, 0) is 111 Å². The predicted molar refractivity (Wildman–Crippen MR) is 152 cm³/mol. The van der Waals surface area contributed by atoms with Crippen LogP contribution in [0.25, 0.3) is 0 Å². The van der Waals surface area contributed by atoms with Crippen LogP contribution in [0, 0.1) is 30.6 Å². The summed E-state index contributed by atoms with van der Waals surface area (Å²) < 4.78 is 5.44. The van der Waals surface area contributed by atoms with Crippen LogP contribution in [-0.2, 0) is 4.79 Å². The number of anilines is 1. The molecule has 1 heterocycles. The van der Waals surface area contributed by atoms with Crippen LogP contribution in [0.3, 0.4) is 0 Å². The van der Waals surface area contributed by atoms with Crippen LogP contribution in [-0.4, -0.2) is 46.0 Å². The van der Waals surface area contributed by atoms with Gasteiger partial charge in [0, 0.05) is 23.7 Å². The molecule has 2 aromatic carbocycles. The zero-order valence-corrected chi connectivity index (χ0v) is 22.9. The van der Waals surface area contributed by atoms with Crippen LogP contribution in [0.15, 0.2) is 48.8 Å². The Labute approximate surface area is 231 Å². The maximum Gasteiger partial charge on any atom is 0.230 e. The van der Waals surface area contributed by atoms with E-state index in [-0.39, 0.29) is 17.9 Å². The van der Waals surface area contributed by atoms with Crippen LogP contribution >= 0.6 is 0 Å². The zero-order valence-electron chi connectivity index (χ0n) is 22.9. The van der Waals surface area contributed by atoms with Gasteiger partial charge in [0.05, 0.1) is 13.2 Å². The smallest absolute Gasteiger partial charge is 0.230 e. The SMILES string of the molecule is COc1ccc(C2CCC(CN(C(=O)C3CCC(O)CC3)c3cccc(C#Cc4ncn[nH]4)c3)CC2)cc1C. The molecule has 7 heteroatoms. The van der Waals surface area contributed by atoms with E-state index in [2.05, 4.69) is 52.1 Å². The highest BCUT2D eigenvalue weighted by Gasteiger charge is 2.32. The number of aryl methyl sites for hydroxylation is 1. The molecule has 39 heavy (non-hydrogen) atoms. The molecule has 204 valence electrons. The van der Waals surface area contributed by atoms with Gasteiger partial charge < -0.3 is 14.7 Å². The second-order valence-electron chi connectivity index (χ2n) is 11.0. The Morgan fingerprint density at radius 3 is 2.54 bits per heavy atom. The normalized spacial score (nSPS) is 22.9. The van der Waals surface area contributed by atoms with E-state index in [0.717, 1.165) is 55.5 Å². The molecule has 7 nitrogen and oxygen atoms in total. The molecule has 0 unspecified atom stereocenters. The number of amides is 1. The van der Waals surface area contributed by atoms with Gasteiger partial charge in [0.15, 0.2) is 0 Å². The van der Waals surface area contributed by atoms with Crippen LogP contribution in [0.2, 0.25) is 0 Å². The lowest BCUT2D eigenvalue weighted by Crippen LogP contribution is -2.41. The van der Waals surface area contributed by atoms with Crippen molar-refractivity contribution in [2.75, 3.05) is 18.6 Å². The quantitative estimate of drug-likeness (QED) is 0.421. The second kappa shape index (κ2) is 12.5. The summed E-state index contributed by atoms with van der Waals surface area (Å²) in [6, 6.07) is 14.5. The summed E-state index contributed by atoms with van der Waals surface area (Å²) in [7, 11) is 1.72. The van der Waals surface area contributed by atoms with E-state index >= 15 is 0 Å². The molecule has 2 aliphatic carbocycles. The fraction of sp³-hybridized carbons (Fsp3) is 0.469. The summed E-state index contributed by atoms with van der Waals surface area (Å²) >= 11 is 0. The van der Waals surface area contributed by atoms with Crippen LogP contribution in [0.4, 0.5) is 5.69 Å². The summed E-state index contributed by atoms with van der Waals surface area (Å²) in [5.74, 6) is 8.71. The van der Waals surface area contributed by atoms with Gasteiger partial charge in [-0.2, -0.15) is 5.10 Å². The number of nitrogens with zero attached hydrogens (tertiary/aromatic N) is 3. The lowest BCUT2D eigenvalue weighted by atomic mass is 9.78. The lowest BCUT2D eigenvalue weighted by Gasteiger charge is -2.36. The number of nitrogens with one attached hydrogen (secondary N) is 1. The van der Waals surface area contributed by atoms with E-state index in [4.69, 9.17) is 4.74 Å². The Bertz CT molecular complexity index is 1310.